The molecule has 22 heavy (non-hydrogen) atoms. The molecule has 5 heteroatoms. The predicted molar refractivity (Wildman–Crippen MR) is 82.4 cm³/mol. The molecule has 0 saturated carbocycles. The van der Waals surface area contributed by atoms with Gasteiger partial charge in [0.1, 0.15) is 11.2 Å². The highest BCUT2D eigenvalue weighted by Crippen LogP contribution is 2.11. The number of pyridine rings is 1. The predicted octanol–water partition coefficient (Wildman–Crippen LogP) is 2.39. The van der Waals surface area contributed by atoms with Gasteiger partial charge in [0.15, 0.2) is 6.61 Å². The van der Waals surface area contributed by atoms with Gasteiger partial charge in [-0.25, -0.2) is 0 Å². The van der Waals surface area contributed by atoms with Crippen LogP contribution in [0.3, 0.4) is 0 Å². The summed E-state index contributed by atoms with van der Waals surface area (Å²) in [4.78, 5) is 16.7. The van der Waals surface area contributed by atoms with Crippen LogP contribution in [0.15, 0.2) is 53.7 Å². The van der Waals surface area contributed by atoms with Crippen molar-refractivity contribution in [3.63, 3.8) is 0 Å². The first kappa shape index (κ1) is 15.5. The zero-order chi connectivity index (χ0) is 15.9. The summed E-state index contributed by atoms with van der Waals surface area (Å²) in [5.41, 5.74) is 1.15. The van der Waals surface area contributed by atoms with E-state index >= 15 is 0 Å². The Bertz CT molecular complexity index is 752. The minimum Gasteiger partial charge on any atom is -0.484 e. The molecule has 1 aromatic carbocycles. The smallest absolute Gasteiger partial charge is 0.270 e. The molecule has 1 aromatic heterocycles. The molecule has 0 fully saturated rings. The molecule has 0 aliphatic rings. The van der Waals surface area contributed by atoms with Crippen molar-refractivity contribution in [2.24, 2.45) is 4.99 Å². The van der Waals surface area contributed by atoms with Gasteiger partial charge in [0.2, 0.25) is 0 Å². The molecule has 2 rings (SSSR count). The van der Waals surface area contributed by atoms with Gasteiger partial charge in [-0.3, -0.25) is 14.4 Å². The average molecular weight is 295 g/mol. The van der Waals surface area contributed by atoms with Crippen LogP contribution >= 0.6 is 0 Å². The van der Waals surface area contributed by atoms with E-state index < -0.39 is 0 Å². The molecule has 0 saturated heterocycles. The lowest BCUT2D eigenvalue weighted by atomic mass is 10.2. The van der Waals surface area contributed by atoms with Crippen molar-refractivity contribution in [2.45, 2.75) is 19.9 Å². The number of aromatic nitrogens is 1. The van der Waals surface area contributed by atoms with Crippen molar-refractivity contribution in [2.75, 3.05) is 6.61 Å². The second kappa shape index (κ2) is 7.23. The van der Waals surface area contributed by atoms with Crippen LogP contribution in [-0.4, -0.2) is 23.1 Å². The molecule has 1 heterocycles. The van der Waals surface area contributed by atoms with E-state index in [1.165, 1.54) is 4.57 Å². The highest BCUT2D eigenvalue weighted by Gasteiger charge is 2.07. The molecule has 0 radical (unpaired) electrons. The molecule has 0 unspecified atom stereocenters. The standard InChI is InChI=1S/C17H17N3O2/c1-13(2)19-16-5-3-4-10-20(16)17(21)12-22-15-8-6-14(11-18)7-9-15/h3-10,13H,12H2,1-2H3. The number of ether oxygens (including phenoxy) is 1. The molecule has 0 atom stereocenters. The van der Waals surface area contributed by atoms with Crippen molar-refractivity contribution in [1.29, 1.82) is 5.26 Å². The lowest BCUT2D eigenvalue weighted by molar-refractivity contribution is 0.0831. The minimum atomic E-state index is -0.204. The monoisotopic (exact) mass is 295 g/mol. The number of nitrogens with zero attached hydrogens (tertiary/aromatic N) is 3. The Kier molecular flexibility index (Phi) is 5.10. The summed E-state index contributed by atoms with van der Waals surface area (Å²) in [5.74, 6) is 0.343. The van der Waals surface area contributed by atoms with Crippen molar-refractivity contribution < 1.29 is 9.53 Å². The van der Waals surface area contributed by atoms with Crippen molar-refractivity contribution >= 4 is 5.91 Å². The van der Waals surface area contributed by atoms with Gasteiger partial charge < -0.3 is 4.74 Å². The molecule has 112 valence electrons. The maximum atomic E-state index is 12.3. The fourth-order valence-corrected chi connectivity index (χ4v) is 1.86. The van der Waals surface area contributed by atoms with Gasteiger partial charge in [-0.1, -0.05) is 6.07 Å². The van der Waals surface area contributed by atoms with Crippen LogP contribution in [0.2, 0.25) is 0 Å². The van der Waals surface area contributed by atoms with Gasteiger partial charge >= 0.3 is 0 Å². The number of rotatable bonds is 4. The number of carbonyl (C=O) groups is 1. The lowest BCUT2D eigenvalue weighted by Crippen LogP contribution is -2.31. The minimum absolute atomic E-state index is 0.0960. The highest BCUT2D eigenvalue weighted by molar-refractivity contribution is 5.80. The third-order valence-electron chi connectivity index (χ3n) is 2.84. The van der Waals surface area contributed by atoms with Gasteiger partial charge in [-0.15, -0.1) is 0 Å². The Labute approximate surface area is 129 Å². The number of benzene rings is 1. The van der Waals surface area contributed by atoms with Crippen LogP contribution < -0.4 is 10.2 Å². The fraction of sp³-hybridized carbons (Fsp3) is 0.235. The molecule has 0 aliphatic carbocycles. The summed E-state index contributed by atoms with van der Waals surface area (Å²) in [7, 11) is 0. The van der Waals surface area contributed by atoms with Crippen molar-refractivity contribution in [3.8, 4) is 11.8 Å². The number of nitriles is 1. The second-order valence-electron chi connectivity index (χ2n) is 4.97. The molecule has 0 N–H and O–H groups in total. The summed E-state index contributed by atoms with van der Waals surface area (Å²) >= 11 is 0. The summed E-state index contributed by atoms with van der Waals surface area (Å²) in [6.45, 7) is 3.81. The van der Waals surface area contributed by atoms with Crippen LogP contribution in [0.25, 0.3) is 0 Å². The maximum absolute atomic E-state index is 12.3. The largest absolute Gasteiger partial charge is 0.484 e. The summed E-state index contributed by atoms with van der Waals surface area (Å²) < 4.78 is 6.94. The van der Waals surface area contributed by atoms with Gasteiger partial charge in [-0.05, 0) is 50.2 Å². The maximum Gasteiger partial charge on any atom is 0.270 e. The normalized spacial score (nSPS) is 11.3. The Morgan fingerprint density at radius 3 is 2.64 bits per heavy atom. The molecular weight excluding hydrogens is 278 g/mol. The van der Waals surface area contributed by atoms with E-state index in [4.69, 9.17) is 10.00 Å². The average Bonchev–Trinajstić information content (AvgIpc) is 2.53. The van der Waals surface area contributed by atoms with E-state index in [1.807, 2.05) is 26.0 Å². The van der Waals surface area contributed by atoms with E-state index in [-0.39, 0.29) is 18.6 Å². The van der Waals surface area contributed by atoms with E-state index in [0.29, 0.717) is 16.8 Å². The third kappa shape index (κ3) is 4.06. The molecule has 0 aliphatic heterocycles. The van der Waals surface area contributed by atoms with Crippen LogP contribution in [0.4, 0.5) is 0 Å². The van der Waals surface area contributed by atoms with E-state index in [2.05, 4.69) is 4.99 Å². The van der Waals surface area contributed by atoms with E-state index in [9.17, 15) is 4.79 Å². The Morgan fingerprint density at radius 1 is 1.27 bits per heavy atom. The quantitative estimate of drug-likeness (QED) is 0.869. The zero-order valence-corrected chi connectivity index (χ0v) is 12.6. The lowest BCUT2D eigenvalue weighted by Gasteiger charge is -2.09. The third-order valence-corrected chi connectivity index (χ3v) is 2.84. The molecule has 2 aromatic rings. The second-order valence-corrected chi connectivity index (χ2v) is 4.97. The number of carbonyl (C=O) groups excluding carboxylic acids is 1. The van der Waals surface area contributed by atoms with Crippen LogP contribution in [0, 0.1) is 11.3 Å². The first-order valence-electron chi connectivity index (χ1n) is 6.98. The topological polar surface area (TPSA) is 67.4 Å². The van der Waals surface area contributed by atoms with Crippen LogP contribution in [0.1, 0.15) is 24.2 Å². The first-order valence-corrected chi connectivity index (χ1v) is 6.98. The van der Waals surface area contributed by atoms with E-state index in [0.717, 1.165) is 0 Å². The van der Waals surface area contributed by atoms with Crippen LogP contribution in [0.5, 0.6) is 5.75 Å². The van der Waals surface area contributed by atoms with E-state index in [1.54, 1.807) is 42.6 Å². The first-order chi connectivity index (χ1) is 10.6. The number of hydrogen-bond donors (Lipinski definition) is 0. The Hall–Kier alpha value is -2.87. The summed E-state index contributed by atoms with van der Waals surface area (Å²) in [5, 5.41) is 8.74. The molecule has 0 bridgehead atoms. The van der Waals surface area contributed by atoms with Crippen molar-refractivity contribution in [1.82, 2.24) is 4.57 Å². The summed E-state index contributed by atoms with van der Waals surface area (Å²) in [6, 6.07) is 14.2. The Morgan fingerprint density at radius 2 is 2.00 bits per heavy atom. The Balaban J connectivity index is 2.11. The number of hydrogen-bond acceptors (Lipinski definition) is 4. The van der Waals surface area contributed by atoms with Gasteiger partial charge in [-0.2, -0.15) is 5.26 Å². The molecule has 0 amide bonds. The van der Waals surface area contributed by atoms with Gasteiger partial charge in [0.25, 0.3) is 5.91 Å². The highest BCUT2D eigenvalue weighted by atomic mass is 16.5. The van der Waals surface area contributed by atoms with Gasteiger partial charge in [0.05, 0.1) is 11.6 Å². The fourth-order valence-electron chi connectivity index (χ4n) is 1.86. The van der Waals surface area contributed by atoms with Crippen molar-refractivity contribution in [3.05, 3.63) is 59.7 Å². The summed E-state index contributed by atoms with van der Waals surface area (Å²) in [6.07, 6.45) is 1.67. The molecule has 5 nitrogen and oxygen atoms in total. The SMILES string of the molecule is CC(C)N=c1ccccn1C(=O)COc1ccc(C#N)cc1. The molecule has 0 spiro atoms. The van der Waals surface area contributed by atoms with Gasteiger partial charge in [0, 0.05) is 12.2 Å². The van der Waals surface area contributed by atoms with Crippen LogP contribution in [-0.2, 0) is 0 Å². The zero-order valence-electron chi connectivity index (χ0n) is 12.6. The molecular formula is C17H17N3O2.